The third-order valence-corrected chi connectivity index (χ3v) is 3.95. The van der Waals surface area contributed by atoms with Crippen LogP contribution in [0.2, 0.25) is 0 Å². The van der Waals surface area contributed by atoms with Gasteiger partial charge < -0.3 is 10.6 Å². The first-order chi connectivity index (χ1) is 8.50. The summed E-state index contributed by atoms with van der Waals surface area (Å²) < 4.78 is 0. The Morgan fingerprint density at radius 2 is 2.00 bits per heavy atom. The molecule has 0 radical (unpaired) electrons. The van der Waals surface area contributed by atoms with Gasteiger partial charge in [-0.05, 0) is 44.2 Å². The van der Waals surface area contributed by atoms with E-state index in [-0.39, 0.29) is 11.9 Å². The average Bonchev–Trinajstić information content (AvgIpc) is 2.77. The molecule has 1 aromatic carbocycles. The molecule has 18 heavy (non-hydrogen) atoms. The van der Waals surface area contributed by atoms with Gasteiger partial charge in [-0.15, -0.1) is 0 Å². The van der Waals surface area contributed by atoms with Crippen LogP contribution >= 0.6 is 0 Å². The van der Waals surface area contributed by atoms with Crippen LogP contribution in [0.15, 0.2) is 18.2 Å². The van der Waals surface area contributed by atoms with Crippen LogP contribution in [0.3, 0.4) is 0 Å². The fourth-order valence-corrected chi connectivity index (χ4v) is 2.71. The third-order valence-electron chi connectivity index (χ3n) is 3.95. The predicted molar refractivity (Wildman–Crippen MR) is 73.6 cm³/mol. The fraction of sp³-hybridized carbons (Fsp3) is 0.533. The van der Waals surface area contributed by atoms with E-state index in [1.807, 2.05) is 43.9 Å². The summed E-state index contributed by atoms with van der Waals surface area (Å²) >= 11 is 0. The molecule has 2 atom stereocenters. The van der Waals surface area contributed by atoms with E-state index in [2.05, 4.69) is 0 Å². The summed E-state index contributed by atoms with van der Waals surface area (Å²) in [6, 6.07) is 6.16. The van der Waals surface area contributed by atoms with Crippen molar-refractivity contribution in [3.05, 3.63) is 34.9 Å². The van der Waals surface area contributed by atoms with Crippen LogP contribution in [0.5, 0.6) is 0 Å². The molecule has 1 saturated heterocycles. The van der Waals surface area contributed by atoms with E-state index in [1.165, 1.54) is 0 Å². The Morgan fingerprint density at radius 3 is 2.50 bits per heavy atom. The lowest BCUT2D eigenvalue weighted by Crippen LogP contribution is -2.33. The Morgan fingerprint density at radius 1 is 1.39 bits per heavy atom. The van der Waals surface area contributed by atoms with Crippen molar-refractivity contribution in [2.75, 3.05) is 13.1 Å². The van der Waals surface area contributed by atoms with Crippen LogP contribution in [0, 0.1) is 19.8 Å². The monoisotopic (exact) mass is 246 g/mol. The van der Waals surface area contributed by atoms with Gasteiger partial charge in [-0.25, -0.2) is 0 Å². The van der Waals surface area contributed by atoms with Gasteiger partial charge in [-0.2, -0.15) is 0 Å². The Hall–Kier alpha value is -1.35. The van der Waals surface area contributed by atoms with Crippen molar-refractivity contribution in [2.45, 2.75) is 33.2 Å². The Bertz CT molecular complexity index is 434. The van der Waals surface area contributed by atoms with Crippen molar-refractivity contribution in [1.29, 1.82) is 0 Å². The van der Waals surface area contributed by atoms with Gasteiger partial charge in [0.1, 0.15) is 0 Å². The molecule has 1 fully saturated rings. The molecule has 2 N–H and O–H groups in total. The highest BCUT2D eigenvalue weighted by molar-refractivity contribution is 5.97. The van der Waals surface area contributed by atoms with Crippen molar-refractivity contribution >= 4 is 5.91 Å². The SMILES string of the molecule is Cc1cccc(C)c1C(=O)N1CCC(C(C)N)C1. The van der Waals surface area contributed by atoms with Crippen molar-refractivity contribution in [3.63, 3.8) is 0 Å². The summed E-state index contributed by atoms with van der Waals surface area (Å²) in [7, 11) is 0. The van der Waals surface area contributed by atoms with Gasteiger partial charge in [0.25, 0.3) is 5.91 Å². The molecule has 98 valence electrons. The zero-order valence-electron chi connectivity index (χ0n) is 11.4. The molecule has 1 heterocycles. The normalized spacial score (nSPS) is 21.1. The second kappa shape index (κ2) is 5.11. The van der Waals surface area contributed by atoms with E-state index < -0.39 is 0 Å². The number of hydrogen-bond donors (Lipinski definition) is 1. The number of nitrogens with zero attached hydrogens (tertiary/aromatic N) is 1. The Balaban J connectivity index is 2.18. The highest BCUT2D eigenvalue weighted by atomic mass is 16.2. The van der Waals surface area contributed by atoms with Gasteiger partial charge in [-0.3, -0.25) is 4.79 Å². The number of carbonyl (C=O) groups is 1. The van der Waals surface area contributed by atoms with Crippen LogP contribution < -0.4 is 5.73 Å². The maximum Gasteiger partial charge on any atom is 0.254 e. The number of likely N-dealkylation sites (tertiary alicyclic amines) is 1. The van der Waals surface area contributed by atoms with E-state index in [0.717, 1.165) is 36.2 Å². The Labute approximate surface area is 109 Å². The first-order valence-corrected chi connectivity index (χ1v) is 6.61. The number of rotatable bonds is 2. The summed E-state index contributed by atoms with van der Waals surface area (Å²) in [5, 5.41) is 0. The summed E-state index contributed by atoms with van der Waals surface area (Å²) in [6.45, 7) is 7.65. The quantitative estimate of drug-likeness (QED) is 0.868. The maximum atomic E-state index is 12.5. The van der Waals surface area contributed by atoms with Crippen LogP contribution in [-0.4, -0.2) is 29.9 Å². The van der Waals surface area contributed by atoms with Crippen molar-refractivity contribution in [3.8, 4) is 0 Å². The fourth-order valence-electron chi connectivity index (χ4n) is 2.71. The lowest BCUT2D eigenvalue weighted by Gasteiger charge is -2.20. The molecule has 0 spiro atoms. The van der Waals surface area contributed by atoms with Crippen molar-refractivity contribution in [1.82, 2.24) is 4.90 Å². The maximum absolute atomic E-state index is 12.5. The minimum absolute atomic E-state index is 0.161. The molecular formula is C15H22N2O. The number of carbonyl (C=O) groups excluding carboxylic acids is 1. The van der Waals surface area contributed by atoms with Gasteiger partial charge in [-0.1, -0.05) is 18.2 Å². The first-order valence-electron chi connectivity index (χ1n) is 6.61. The molecule has 0 saturated carbocycles. The summed E-state index contributed by atoms with van der Waals surface area (Å²) in [5.41, 5.74) is 8.90. The molecule has 1 aliphatic rings. The molecule has 3 heteroatoms. The molecule has 1 amide bonds. The second-order valence-electron chi connectivity index (χ2n) is 5.43. The van der Waals surface area contributed by atoms with Crippen LogP contribution in [0.25, 0.3) is 0 Å². The van der Waals surface area contributed by atoms with E-state index in [0.29, 0.717) is 5.92 Å². The van der Waals surface area contributed by atoms with Gasteiger partial charge in [0.05, 0.1) is 0 Å². The zero-order chi connectivity index (χ0) is 13.3. The van der Waals surface area contributed by atoms with E-state index >= 15 is 0 Å². The number of aryl methyl sites for hydroxylation is 2. The number of amides is 1. The van der Waals surface area contributed by atoms with E-state index in [4.69, 9.17) is 5.73 Å². The van der Waals surface area contributed by atoms with Crippen molar-refractivity contribution < 1.29 is 4.79 Å². The minimum Gasteiger partial charge on any atom is -0.338 e. The van der Waals surface area contributed by atoms with Gasteiger partial charge in [0.15, 0.2) is 0 Å². The number of hydrogen-bond acceptors (Lipinski definition) is 2. The molecule has 0 bridgehead atoms. The number of benzene rings is 1. The molecule has 2 rings (SSSR count). The molecule has 2 unspecified atom stereocenters. The standard InChI is InChI=1S/C15H22N2O/c1-10-5-4-6-11(2)14(10)15(18)17-8-7-13(9-17)12(3)16/h4-6,12-13H,7-9,16H2,1-3H3. The highest BCUT2D eigenvalue weighted by Crippen LogP contribution is 2.23. The van der Waals surface area contributed by atoms with Crippen molar-refractivity contribution in [2.24, 2.45) is 11.7 Å². The molecule has 1 aliphatic heterocycles. The van der Waals surface area contributed by atoms with E-state index in [1.54, 1.807) is 0 Å². The van der Waals surface area contributed by atoms with Gasteiger partial charge in [0, 0.05) is 24.7 Å². The zero-order valence-corrected chi connectivity index (χ0v) is 11.4. The lowest BCUT2D eigenvalue weighted by molar-refractivity contribution is 0.0784. The summed E-state index contributed by atoms with van der Waals surface area (Å²) in [4.78, 5) is 14.5. The Kier molecular flexibility index (Phi) is 3.71. The van der Waals surface area contributed by atoms with Crippen LogP contribution in [0.4, 0.5) is 0 Å². The van der Waals surface area contributed by atoms with Crippen LogP contribution in [-0.2, 0) is 0 Å². The minimum atomic E-state index is 0.161. The molecule has 0 aliphatic carbocycles. The third kappa shape index (κ3) is 2.41. The molecular weight excluding hydrogens is 224 g/mol. The molecule has 3 nitrogen and oxygen atoms in total. The van der Waals surface area contributed by atoms with Gasteiger partial charge >= 0.3 is 0 Å². The average molecular weight is 246 g/mol. The largest absolute Gasteiger partial charge is 0.338 e. The summed E-state index contributed by atoms with van der Waals surface area (Å²) in [5.74, 6) is 0.604. The second-order valence-corrected chi connectivity index (χ2v) is 5.43. The first kappa shape index (κ1) is 13.1. The predicted octanol–water partition coefficient (Wildman–Crippen LogP) is 2.11. The number of nitrogens with two attached hydrogens (primary N) is 1. The molecule has 0 aromatic heterocycles. The van der Waals surface area contributed by atoms with E-state index in [9.17, 15) is 4.79 Å². The smallest absolute Gasteiger partial charge is 0.254 e. The van der Waals surface area contributed by atoms with Crippen LogP contribution in [0.1, 0.15) is 34.8 Å². The highest BCUT2D eigenvalue weighted by Gasteiger charge is 2.29. The topological polar surface area (TPSA) is 46.3 Å². The molecule has 1 aromatic rings. The lowest BCUT2D eigenvalue weighted by atomic mass is 10.0. The summed E-state index contributed by atoms with van der Waals surface area (Å²) in [6.07, 6.45) is 1.02. The van der Waals surface area contributed by atoms with Gasteiger partial charge in [0.2, 0.25) is 0 Å².